The van der Waals surface area contributed by atoms with Gasteiger partial charge in [0.2, 0.25) is 0 Å². The molecular formula is C27H28N2O4. The Hall–Kier alpha value is -3.80. The van der Waals surface area contributed by atoms with Gasteiger partial charge < -0.3 is 20.4 Å². The smallest absolute Gasteiger partial charge is 0.337 e. The molecule has 1 saturated heterocycles. The number of amides is 1. The quantitative estimate of drug-likeness (QED) is 0.471. The van der Waals surface area contributed by atoms with Crippen molar-refractivity contribution in [3.63, 3.8) is 0 Å². The zero-order valence-corrected chi connectivity index (χ0v) is 18.5. The number of aromatic hydroxyl groups is 1. The van der Waals surface area contributed by atoms with Crippen molar-refractivity contribution < 1.29 is 19.8 Å². The third-order valence-corrected chi connectivity index (χ3v) is 6.05. The first-order valence-electron chi connectivity index (χ1n) is 11.3. The molecule has 3 aromatic rings. The van der Waals surface area contributed by atoms with Crippen molar-refractivity contribution in [1.29, 1.82) is 0 Å². The highest BCUT2D eigenvalue weighted by molar-refractivity contribution is 6.09. The van der Waals surface area contributed by atoms with Crippen LogP contribution in [-0.4, -0.2) is 35.2 Å². The lowest BCUT2D eigenvalue weighted by Gasteiger charge is -2.29. The third-order valence-electron chi connectivity index (χ3n) is 6.05. The summed E-state index contributed by atoms with van der Waals surface area (Å²) in [4.78, 5) is 27.0. The molecule has 1 amide bonds. The number of aryl methyl sites for hydroxylation is 2. The molecule has 33 heavy (non-hydrogen) atoms. The molecule has 0 bridgehead atoms. The van der Waals surface area contributed by atoms with Crippen LogP contribution in [0.5, 0.6) is 5.75 Å². The van der Waals surface area contributed by atoms with Crippen molar-refractivity contribution in [1.82, 2.24) is 0 Å². The molecule has 1 heterocycles. The molecule has 3 N–H and O–H groups in total. The number of hydrogen-bond acceptors (Lipinski definition) is 4. The van der Waals surface area contributed by atoms with Crippen molar-refractivity contribution in [2.24, 2.45) is 0 Å². The average molecular weight is 445 g/mol. The Labute approximate surface area is 193 Å². The predicted molar refractivity (Wildman–Crippen MR) is 129 cm³/mol. The van der Waals surface area contributed by atoms with Crippen LogP contribution < -0.4 is 10.2 Å². The number of carbonyl (C=O) groups is 2. The van der Waals surface area contributed by atoms with Crippen LogP contribution in [0.2, 0.25) is 0 Å². The Kier molecular flexibility index (Phi) is 6.93. The highest BCUT2D eigenvalue weighted by atomic mass is 16.4. The van der Waals surface area contributed by atoms with E-state index in [1.807, 2.05) is 36.4 Å². The minimum Gasteiger partial charge on any atom is -0.507 e. The summed E-state index contributed by atoms with van der Waals surface area (Å²) in [7, 11) is 0. The number of anilines is 2. The summed E-state index contributed by atoms with van der Waals surface area (Å²) in [5.41, 5.74) is 3.35. The Morgan fingerprint density at radius 1 is 0.818 bits per heavy atom. The van der Waals surface area contributed by atoms with E-state index >= 15 is 0 Å². The van der Waals surface area contributed by atoms with Crippen LogP contribution in [-0.2, 0) is 12.8 Å². The highest BCUT2D eigenvalue weighted by Crippen LogP contribution is 2.28. The minimum atomic E-state index is -1.12. The van der Waals surface area contributed by atoms with Gasteiger partial charge >= 0.3 is 5.97 Å². The maximum Gasteiger partial charge on any atom is 0.337 e. The molecule has 0 saturated carbocycles. The van der Waals surface area contributed by atoms with Crippen LogP contribution in [0, 0.1) is 0 Å². The van der Waals surface area contributed by atoms with Crippen molar-refractivity contribution in [2.45, 2.75) is 32.1 Å². The molecular weight excluding hydrogens is 416 g/mol. The lowest BCUT2D eigenvalue weighted by Crippen LogP contribution is -2.29. The molecule has 4 rings (SSSR count). The normalized spacial score (nSPS) is 13.5. The summed E-state index contributed by atoms with van der Waals surface area (Å²) in [5.74, 6) is -1.79. The summed E-state index contributed by atoms with van der Waals surface area (Å²) in [6.07, 6.45) is 4.91. The molecule has 3 aromatic carbocycles. The zero-order chi connectivity index (χ0) is 23.2. The molecule has 1 aliphatic rings. The van der Waals surface area contributed by atoms with Crippen LogP contribution in [0.3, 0.4) is 0 Å². The van der Waals surface area contributed by atoms with Crippen LogP contribution in [0.15, 0.2) is 66.7 Å². The zero-order valence-electron chi connectivity index (χ0n) is 18.5. The van der Waals surface area contributed by atoms with E-state index in [1.165, 1.54) is 24.1 Å². The molecule has 0 unspecified atom stereocenters. The number of benzene rings is 3. The second-order valence-corrected chi connectivity index (χ2v) is 8.37. The van der Waals surface area contributed by atoms with Gasteiger partial charge in [-0.05, 0) is 73.6 Å². The number of nitrogens with one attached hydrogen (secondary N) is 1. The van der Waals surface area contributed by atoms with Crippen LogP contribution in [0.25, 0.3) is 0 Å². The summed E-state index contributed by atoms with van der Waals surface area (Å²) in [5, 5.41) is 22.7. The molecule has 0 aromatic heterocycles. The number of carboxylic acid groups (broad SMARTS) is 1. The van der Waals surface area contributed by atoms with Gasteiger partial charge in [-0.1, -0.05) is 36.4 Å². The summed E-state index contributed by atoms with van der Waals surface area (Å²) < 4.78 is 0. The average Bonchev–Trinajstić information content (AvgIpc) is 2.84. The first kappa shape index (κ1) is 22.4. The fraction of sp³-hybridized carbons (Fsp3) is 0.259. The summed E-state index contributed by atoms with van der Waals surface area (Å²) in [6, 6.07) is 20.0. The molecule has 1 aliphatic heterocycles. The summed E-state index contributed by atoms with van der Waals surface area (Å²) >= 11 is 0. The molecule has 0 spiro atoms. The number of hydrogen-bond donors (Lipinski definition) is 3. The fourth-order valence-corrected chi connectivity index (χ4v) is 4.21. The maximum atomic E-state index is 13.1. The Morgan fingerprint density at radius 2 is 1.55 bits per heavy atom. The van der Waals surface area contributed by atoms with E-state index in [4.69, 9.17) is 0 Å². The molecule has 0 radical (unpaired) electrons. The van der Waals surface area contributed by atoms with E-state index in [2.05, 4.69) is 10.2 Å². The van der Waals surface area contributed by atoms with E-state index in [-0.39, 0.29) is 22.6 Å². The molecule has 1 fully saturated rings. The second kappa shape index (κ2) is 10.2. The number of carbonyl (C=O) groups excluding carboxylic acids is 1. The SMILES string of the molecule is O=C(Nc1cc(CCc2ccccc2)ccc1C(=O)O)c1cc(N2CCCCC2)ccc1O. The Balaban J connectivity index is 1.55. The van der Waals surface area contributed by atoms with Crippen molar-refractivity contribution in [3.05, 3.63) is 89.0 Å². The number of nitrogens with zero attached hydrogens (tertiary/aromatic N) is 1. The topological polar surface area (TPSA) is 89.9 Å². The van der Waals surface area contributed by atoms with E-state index in [1.54, 1.807) is 18.2 Å². The number of carboxylic acids is 1. The molecule has 6 nitrogen and oxygen atoms in total. The molecule has 0 aliphatic carbocycles. The number of rotatable bonds is 7. The van der Waals surface area contributed by atoms with Gasteiger partial charge in [0.1, 0.15) is 5.75 Å². The first-order valence-corrected chi connectivity index (χ1v) is 11.3. The predicted octanol–water partition coefficient (Wildman–Crippen LogP) is 5.12. The van der Waals surface area contributed by atoms with Gasteiger partial charge in [0, 0.05) is 18.8 Å². The van der Waals surface area contributed by atoms with E-state index in [0.717, 1.165) is 43.6 Å². The van der Waals surface area contributed by atoms with Crippen LogP contribution in [0.4, 0.5) is 11.4 Å². The molecule has 0 atom stereocenters. The van der Waals surface area contributed by atoms with Gasteiger partial charge in [-0.15, -0.1) is 0 Å². The van der Waals surface area contributed by atoms with Gasteiger partial charge in [-0.25, -0.2) is 4.79 Å². The maximum absolute atomic E-state index is 13.1. The van der Waals surface area contributed by atoms with Crippen LogP contribution in [0.1, 0.15) is 51.1 Å². The van der Waals surface area contributed by atoms with E-state index in [9.17, 15) is 19.8 Å². The Bertz CT molecular complexity index is 1140. The van der Waals surface area contributed by atoms with E-state index in [0.29, 0.717) is 6.42 Å². The lowest BCUT2D eigenvalue weighted by atomic mass is 10.0. The van der Waals surface area contributed by atoms with Crippen molar-refractivity contribution in [2.75, 3.05) is 23.3 Å². The number of piperidine rings is 1. The number of aromatic carboxylic acids is 1. The standard InChI is InChI=1S/C27H28N2O4/c30-25-14-12-21(29-15-5-2-6-16-29)18-23(25)26(31)28-24-17-20(11-13-22(24)27(32)33)10-9-19-7-3-1-4-8-19/h1,3-4,7-8,11-14,17-18,30H,2,5-6,9-10,15-16H2,(H,28,31)(H,32,33). The Morgan fingerprint density at radius 3 is 2.27 bits per heavy atom. The van der Waals surface area contributed by atoms with Crippen molar-refractivity contribution >= 4 is 23.3 Å². The number of phenolic OH excluding ortho intramolecular Hbond substituents is 1. The largest absolute Gasteiger partial charge is 0.507 e. The van der Waals surface area contributed by atoms with Crippen LogP contribution >= 0.6 is 0 Å². The first-order chi connectivity index (χ1) is 16.0. The third kappa shape index (κ3) is 5.52. The van der Waals surface area contributed by atoms with Gasteiger partial charge in [0.15, 0.2) is 0 Å². The minimum absolute atomic E-state index is 0.0125. The second-order valence-electron chi connectivity index (χ2n) is 8.37. The fourth-order valence-electron chi connectivity index (χ4n) is 4.21. The molecule has 6 heteroatoms. The van der Waals surface area contributed by atoms with Crippen molar-refractivity contribution in [3.8, 4) is 5.75 Å². The number of phenols is 1. The van der Waals surface area contributed by atoms with Gasteiger partial charge in [-0.3, -0.25) is 4.79 Å². The molecule has 170 valence electrons. The van der Waals surface area contributed by atoms with Gasteiger partial charge in [0.05, 0.1) is 16.8 Å². The lowest BCUT2D eigenvalue weighted by molar-refractivity contribution is 0.0698. The monoisotopic (exact) mass is 444 g/mol. The summed E-state index contributed by atoms with van der Waals surface area (Å²) in [6.45, 7) is 1.83. The van der Waals surface area contributed by atoms with Gasteiger partial charge in [-0.2, -0.15) is 0 Å². The highest BCUT2D eigenvalue weighted by Gasteiger charge is 2.19. The van der Waals surface area contributed by atoms with Gasteiger partial charge in [0.25, 0.3) is 5.91 Å². The van der Waals surface area contributed by atoms with E-state index < -0.39 is 11.9 Å².